The number of carbonyl (C=O) groups is 2. The van der Waals surface area contributed by atoms with Gasteiger partial charge in [0.1, 0.15) is 6.61 Å². The fourth-order valence-electron chi connectivity index (χ4n) is 3.22. The van der Waals surface area contributed by atoms with Gasteiger partial charge in [0.25, 0.3) is 0 Å². The standard InChI is InChI=1S/C15H25NO4/c1-11-4-2-3-9-16(11)14(17)10-20-13-7-5-12(6-8-13)15(18)19/h11-13H,2-10H2,1H3,(H,18,19). The molecule has 0 radical (unpaired) electrons. The van der Waals surface area contributed by atoms with E-state index in [1.54, 1.807) is 0 Å². The number of nitrogens with zero attached hydrogens (tertiary/aromatic N) is 1. The highest BCUT2D eigenvalue weighted by Gasteiger charge is 2.28. The lowest BCUT2D eigenvalue weighted by Crippen LogP contribution is -2.44. The number of carboxylic acids is 1. The van der Waals surface area contributed by atoms with Gasteiger partial charge in [0.05, 0.1) is 12.0 Å². The molecule has 2 rings (SSSR count). The molecule has 1 saturated heterocycles. The van der Waals surface area contributed by atoms with E-state index >= 15 is 0 Å². The zero-order valence-corrected chi connectivity index (χ0v) is 12.2. The number of piperidine rings is 1. The summed E-state index contributed by atoms with van der Waals surface area (Å²) in [5, 5.41) is 8.94. The van der Waals surface area contributed by atoms with Crippen molar-refractivity contribution in [2.24, 2.45) is 5.92 Å². The van der Waals surface area contributed by atoms with Crippen LogP contribution in [0.2, 0.25) is 0 Å². The summed E-state index contributed by atoms with van der Waals surface area (Å²) in [6, 6.07) is 0.322. The first-order valence-corrected chi connectivity index (χ1v) is 7.72. The first-order chi connectivity index (χ1) is 9.58. The Kier molecular flexibility index (Phi) is 5.40. The van der Waals surface area contributed by atoms with Crippen LogP contribution < -0.4 is 0 Å². The van der Waals surface area contributed by atoms with Crippen molar-refractivity contribution in [3.8, 4) is 0 Å². The second-order valence-corrected chi connectivity index (χ2v) is 6.05. The number of ether oxygens (including phenoxy) is 1. The third-order valence-electron chi connectivity index (χ3n) is 4.59. The summed E-state index contributed by atoms with van der Waals surface area (Å²) >= 11 is 0. The summed E-state index contributed by atoms with van der Waals surface area (Å²) in [6.07, 6.45) is 6.23. The summed E-state index contributed by atoms with van der Waals surface area (Å²) in [5.41, 5.74) is 0. The average molecular weight is 283 g/mol. The minimum absolute atomic E-state index is 0.0506. The van der Waals surface area contributed by atoms with Gasteiger partial charge in [-0.25, -0.2) is 0 Å². The van der Waals surface area contributed by atoms with Gasteiger partial charge in [-0.3, -0.25) is 9.59 Å². The molecule has 1 aliphatic heterocycles. The molecule has 0 spiro atoms. The molecular formula is C15H25NO4. The van der Waals surface area contributed by atoms with E-state index < -0.39 is 5.97 Å². The predicted octanol–water partition coefficient (Wildman–Crippen LogP) is 2.05. The molecule has 114 valence electrons. The fraction of sp³-hybridized carbons (Fsp3) is 0.867. The van der Waals surface area contributed by atoms with Gasteiger partial charge in [0, 0.05) is 12.6 Å². The van der Waals surface area contributed by atoms with Crippen LogP contribution in [-0.2, 0) is 14.3 Å². The zero-order valence-electron chi connectivity index (χ0n) is 12.2. The van der Waals surface area contributed by atoms with Crippen molar-refractivity contribution in [3.63, 3.8) is 0 Å². The van der Waals surface area contributed by atoms with Crippen LogP contribution in [0.4, 0.5) is 0 Å². The van der Waals surface area contributed by atoms with E-state index in [9.17, 15) is 9.59 Å². The third-order valence-corrected chi connectivity index (χ3v) is 4.59. The van der Waals surface area contributed by atoms with Gasteiger partial charge in [-0.2, -0.15) is 0 Å². The monoisotopic (exact) mass is 283 g/mol. The summed E-state index contributed by atoms with van der Waals surface area (Å²) in [4.78, 5) is 24.9. The van der Waals surface area contributed by atoms with E-state index in [-0.39, 0.29) is 24.5 Å². The molecule has 1 amide bonds. The smallest absolute Gasteiger partial charge is 0.306 e. The van der Waals surface area contributed by atoms with Gasteiger partial charge < -0.3 is 14.7 Å². The molecule has 0 aromatic carbocycles. The van der Waals surface area contributed by atoms with Crippen LogP contribution in [0.1, 0.15) is 51.9 Å². The maximum absolute atomic E-state index is 12.1. The second kappa shape index (κ2) is 7.07. The highest BCUT2D eigenvalue weighted by Crippen LogP contribution is 2.26. The average Bonchev–Trinajstić information content (AvgIpc) is 2.45. The molecule has 1 aliphatic carbocycles. The Bertz CT molecular complexity index is 350. The molecule has 1 atom stereocenters. The summed E-state index contributed by atoms with van der Waals surface area (Å²) in [5.74, 6) is -0.855. The van der Waals surface area contributed by atoms with Crippen molar-refractivity contribution >= 4 is 11.9 Å². The number of hydrogen-bond acceptors (Lipinski definition) is 3. The highest BCUT2D eigenvalue weighted by atomic mass is 16.5. The maximum atomic E-state index is 12.1. The first-order valence-electron chi connectivity index (χ1n) is 7.72. The van der Waals surface area contributed by atoms with Crippen molar-refractivity contribution < 1.29 is 19.4 Å². The molecule has 5 nitrogen and oxygen atoms in total. The van der Waals surface area contributed by atoms with Gasteiger partial charge in [0.15, 0.2) is 0 Å². The molecule has 5 heteroatoms. The maximum Gasteiger partial charge on any atom is 0.306 e. The molecule has 1 unspecified atom stereocenters. The second-order valence-electron chi connectivity index (χ2n) is 6.05. The van der Waals surface area contributed by atoms with Gasteiger partial charge >= 0.3 is 5.97 Å². The van der Waals surface area contributed by atoms with Crippen molar-refractivity contribution in [1.29, 1.82) is 0 Å². The lowest BCUT2D eigenvalue weighted by Gasteiger charge is -2.34. The van der Waals surface area contributed by atoms with Gasteiger partial charge in [-0.15, -0.1) is 0 Å². The molecule has 20 heavy (non-hydrogen) atoms. The van der Waals surface area contributed by atoms with E-state index in [1.807, 2.05) is 4.90 Å². The lowest BCUT2D eigenvalue weighted by atomic mass is 9.87. The van der Waals surface area contributed by atoms with Crippen molar-refractivity contribution in [3.05, 3.63) is 0 Å². The number of carbonyl (C=O) groups excluding carboxylic acids is 1. The number of aliphatic carboxylic acids is 1. The van der Waals surface area contributed by atoms with Crippen LogP contribution in [0.5, 0.6) is 0 Å². The highest BCUT2D eigenvalue weighted by molar-refractivity contribution is 5.77. The SMILES string of the molecule is CC1CCCCN1C(=O)COC1CCC(C(=O)O)CC1. The largest absolute Gasteiger partial charge is 0.481 e. The van der Waals surface area contributed by atoms with E-state index in [2.05, 4.69) is 6.92 Å². The Labute approximate surface area is 120 Å². The van der Waals surface area contributed by atoms with E-state index in [4.69, 9.17) is 9.84 Å². The van der Waals surface area contributed by atoms with Crippen LogP contribution in [0.25, 0.3) is 0 Å². The van der Waals surface area contributed by atoms with Crippen LogP contribution in [0.15, 0.2) is 0 Å². The quantitative estimate of drug-likeness (QED) is 0.857. The molecule has 2 aliphatic rings. The van der Waals surface area contributed by atoms with Crippen LogP contribution in [0, 0.1) is 5.92 Å². The van der Waals surface area contributed by atoms with Gasteiger partial charge in [0.2, 0.25) is 5.91 Å². The van der Waals surface area contributed by atoms with Crippen molar-refractivity contribution in [2.75, 3.05) is 13.2 Å². The Morgan fingerprint density at radius 2 is 1.85 bits per heavy atom. The summed E-state index contributed by atoms with van der Waals surface area (Å²) < 4.78 is 5.69. The van der Waals surface area contributed by atoms with Crippen molar-refractivity contribution in [1.82, 2.24) is 4.90 Å². The topological polar surface area (TPSA) is 66.8 Å². The number of likely N-dealkylation sites (tertiary alicyclic amines) is 1. The molecule has 1 heterocycles. The Morgan fingerprint density at radius 1 is 1.15 bits per heavy atom. The lowest BCUT2D eigenvalue weighted by molar-refractivity contribution is -0.147. The number of carboxylic acid groups (broad SMARTS) is 1. The van der Waals surface area contributed by atoms with E-state index in [0.717, 1.165) is 32.2 Å². The summed E-state index contributed by atoms with van der Waals surface area (Å²) in [7, 11) is 0. The molecule has 0 aromatic heterocycles. The Balaban J connectivity index is 1.70. The molecule has 2 fully saturated rings. The molecule has 0 bridgehead atoms. The Hall–Kier alpha value is -1.10. The minimum atomic E-state index is -0.707. The van der Waals surface area contributed by atoms with Crippen LogP contribution in [0.3, 0.4) is 0 Å². The fourth-order valence-corrected chi connectivity index (χ4v) is 3.22. The predicted molar refractivity (Wildman–Crippen MR) is 74.4 cm³/mol. The van der Waals surface area contributed by atoms with E-state index in [1.165, 1.54) is 6.42 Å². The minimum Gasteiger partial charge on any atom is -0.481 e. The van der Waals surface area contributed by atoms with Crippen LogP contribution in [-0.4, -0.2) is 47.2 Å². The zero-order chi connectivity index (χ0) is 14.5. The Morgan fingerprint density at radius 3 is 2.45 bits per heavy atom. The summed E-state index contributed by atoms with van der Waals surface area (Å²) in [6.45, 7) is 3.08. The normalized spacial score (nSPS) is 31.1. The first kappa shape index (κ1) is 15.3. The van der Waals surface area contributed by atoms with Gasteiger partial charge in [-0.1, -0.05) is 0 Å². The molecule has 1 N–H and O–H groups in total. The molecule has 1 saturated carbocycles. The third kappa shape index (κ3) is 3.95. The molecular weight excluding hydrogens is 258 g/mol. The number of hydrogen-bond donors (Lipinski definition) is 1. The van der Waals surface area contributed by atoms with Gasteiger partial charge in [-0.05, 0) is 51.9 Å². The number of rotatable bonds is 4. The van der Waals surface area contributed by atoms with Crippen molar-refractivity contribution in [2.45, 2.75) is 64.0 Å². The molecule has 0 aromatic rings. The number of amides is 1. The van der Waals surface area contributed by atoms with Crippen LogP contribution >= 0.6 is 0 Å². The van der Waals surface area contributed by atoms with E-state index in [0.29, 0.717) is 18.9 Å².